The third-order valence-corrected chi connectivity index (χ3v) is 4.83. The van der Waals surface area contributed by atoms with Gasteiger partial charge < -0.3 is 15.4 Å². The molecule has 2 aromatic carbocycles. The number of hydrogen-bond donors (Lipinski definition) is 2. The summed E-state index contributed by atoms with van der Waals surface area (Å²) in [5.41, 5.74) is 2.22. The van der Waals surface area contributed by atoms with Gasteiger partial charge in [-0.15, -0.1) is 0 Å². The zero-order chi connectivity index (χ0) is 19.6. The number of urea groups is 1. The van der Waals surface area contributed by atoms with Crippen molar-refractivity contribution < 1.29 is 9.53 Å². The summed E-state index contributed by atoms with van der Waals surface area (Å²) in [6, 6.07) is 17.9. The molecule has 0 fully saturated rings. The lowest BCUT2D eigenvalue weighted by molar-refractivity contribution is 0.205. The molecule has 2 N–H and O–H groups in total. The van der Waals surface area contributed by atoms with Crippen molar-refractivity contribution in [1.29, 1.82) is 0 Å². The molecule has 146 valence electrons. The van der Waals surface area contributed by atoms with Crippen molar-refractivity contribution >= 4 is 6.03 Å². The summed E-state index contributed by atoms with van der Waals surface area (Å²) in [5, 5.41) is 6.04. The summed E-state index contributed by atoms with van der Waals surface area (Å²) in [4.78, 5) is 14.7. The standard InChI is InChI=1S/C22H31N3O2/c1-5-25(6-2)21(19-13-10-14-20(15-19)27-4)16-23-22(26)24-17(3)18-11-8-7-9-12-18/h7-15,17,21H,5-6,16H2,1-4H3,(H2,23,24,26)/t17-,21+/m1/s1. The van der Waals surface area contributed by atoms with E-state index in [9.17, 15) is 4.79 Å². The second-order valence-corrected chi connectivity index (χ2v) is 6.50. The van der Waals surface area contributed by atoms with Gasteiger partial charge in [-0.1, -0.05) is 56.3 Å². The van der Waals surface area contributed by atoms with E-state index >= 15 is 0 Å². The maximum atomic E-state index is 12.4. The molecule has 0 aliphatic heterocycles. The number of carbonyl (C=O) groups is 1. The summed E-state index contributed by atoms with van der Waals surface area (Å²) in [6.07, 6.45) is 0. The van der Waals surface area contributed by atoms with Gasteiger partial charge in [0.05, 0.1) is 19.2 Å². The van der Waals surface area contributed by atoms with E-state index in [1.165, 1.54) is 0 Å². The van der Waals surface area contributed by atoms with Gasteiger partial charge in [-0.25, -0.2) is 4.79 Å². The van der Waals surface area contributed by atoms with Crippen molar-refractivity contribution in [3.05, 3.63) is 65.7 Å². The Kier molecular flexibility index (Phi) is 8.14. The monoisotopic (exact) mass is 369 g/mol. The molecule has 27 heavy (non-hydrogen) atoms. The number of carbonyl (C=O) groups excluding carboxylic acids is 1. The van der Waals surface area contributed by atoms with Crippen molar-refractivity contribution in [2.45, 2.75) is 32.9 Å². The number of hydrogen-bond acceptors (Lipinski definition) is 3. The van der Waals surface area contributed by atoms with Gasteiger partial charge in [0.15, 0.2) is 0 Å². The molecule has 0 aliphatic rings. The molecule has 0 bridgehead atoms. The summed E-state index contributed by atoms with van der Waals surface area (Å²) < 4.78 is 5.36. The fourth-order valence-corrected chi connectivity index (χ4v) is 3.23. The average molecular weight is 370 g/mol. The molecule has 2 amide bonds. The normalized spacial score (nSPS) is 13.1. The average Bonchev–Trinajstić information content (AvgIpc) is 2.71. The van der Waals surface area contributed by atoms with E-state index in [0.717, 1.165) is 30.0 Å². The zero-order valence-corrected chi connectivity index (χ0v) is 16.7. The Balaban J connectivity index is 2.03. The van der Waals surface area contributed by atoms with Crippen LogP contribution in [0.3, 0.4) is 0 Å². The van der Waals surface area contributed by atoms with Crippen LogP contribution in [0.1, 0.15) is 44.0 Å². The van der Waals surface area contributed by atoms with E-state index in [4.69, 9.17) is 4.74 Å². The molecule has 0 unspecified atom stereocenters. The summed E-state index contributed by atoms with van der Waals surface area (Å²) in [7, 11) is 1.67. The highest BCUT2D eigenvalue weighted by Crippen LogP contribution is 2.23. The molecular weight excluding hydrogens is 338 g/mol. The van der Waals surface area contributed by atoms with Crippen molar-refractivity contribution in [3.8, 4) is 5.75 Å². The Morgan fingerprint density at radius 2 is 1.70 bits per heavy atom. The Hall–Kier alpha value is -2.53. The van der Waals surface area contributed by atoms with Gasteiger partial charge in [-0.2, -0.15) is 0 Å². The SMILES string of the molecule is CCN(CC)[C@@H](CNC(=O)N[C@H](C)c1ccccc1)c1cccc(OC)c1. The fraction of sp³-hybridized carbons (Fsp3) is 0.409. The first-order chi connectivity index (χ1) is 13.1. The summed E-state index contributed by atoms with van der Waals surface area (Å²) in [5.74, 6) is 0.826. The molecule has 2 aromatic rings. The predicted molar refractivity (Wildman–Crippen MR) is 110 cm³/mol. The molecule has 0 heterocycles. The summed E-state index contributed by atoms with van der Waals surface area (Å²) in [6.45, 7) is 8.59. The van der Waals surface area contributed by atoms with Gasteiger partial charge in [0.25, 0.3) is 0 Å². The van der Waals surface area contributed by atoms with Gasteiger partial charge in [-0.05, 0) is 43.3 Å². The molecule has 0 saturated carbocycles. The van der Waals surface area contributed by atoms with Crippen molar-refractivity contribution in [3.63, 3.8) is 0 Å². The van der Waals surface area contributed by atoms with Crippen LogP contribution in [0.4, 0.5) is 4.79 Å². The van der Waals surface area contributed by atoms with Gasteiger partial charge in [0.2, 0.25) is 0 Å². The van der Waals surface area contributed by atoms with Gasteiger partial charge in [-0.3, -0.25) is 4.90 Å². The number of benzene rings is 2. The van der Waals surface area contributed by atoms with Gasteiger partial charge in [0.1, 0.15) is 5.75 Å². The lowest BCUT2D eigenvalue weighted by atomic mass is 10.0. The van der Waals surface area contributed by atoms with Crippen LogP contribution in [0.25, 0.3) is 0 Å². The first kappa shape index (κ1) is 20.8. The highest BCUT2D eigenvalue weighted by molar-refractivity contribution is 5.74. The molecule has 0 spiro atoms. The predicted octanol–water partition coefficient (Wildman–Crippen LogP) is 4.14. The van der Waals surface area contributed by atoms with Crippen LogP contribution in [-0.2, 0) is 0 Å². The lowest BCUT2D eigenvalue weighted by Crippen LogP contribution is -2.42. The Bertz CT molecular complexity index is 702. The van der Waals surface area contributed by atoms with E-state index in [1.54, 1.807) is 7.11 Å². The third-order valence-electron chi connectivity index (χ3n) is 4.83. The molecule has 2 atom stereocenters. The number of amides is 2. The minimum atomic E-state index is -0.161. The number of nitrogens with one attached hydrogen (secondary N) is 2. The highest BCUT2D eigenvalue weighted by Gasteiger charge is 2.20. The molecule has 0 radical (unpaired) electrons. The molecule has 2 rings (SSSR count). The van der Waals surface area contributed by atoms with E-state index < -0.39 is 0 Å². The number of rotatable bonds is 9. The molecule has 5 nitrogen and oxygen atoms in total. The molecule has 0 saturated heterocycles. The quantitative estimate of drug-likeness (QED) is 0.698. The maximum Gasteiger partial charge on any atom is 0.315 e. The van der Waals surface area contributed by atoms with Crippen LogP contribution in [0.15, 0.2) is 54.6 Å². The van der Waals surface area contributed by atoms with Gasteiger partial charge in [0, 0.05) is 6.54 Å². The first-order valence-electron chi connectivity index (χ1n) is 9.56. The van der Waals surface area contributed by atoms with E-state index in [2.05, 4.69) is 35.4 Å². The van der Waals surface area contributed by atoms with Crippen LogP contribution in [0, 0.1) is 0 Å². The van der Waals surface area contributed by atoms with E-state index in [0.29, 0.717) is 6.54 Å². The Morgan fingerprint density at radius 1 is 1.04 bits per heavy atom. The summed E-state index contributed by atoms with van der Waals surface area (Å²) >= 11 is 0. The second kappa shape index (κ2) is 10.6. The molecule has 5 heteroatoms. The van der Waals surface area contributed by atoms with Crippen molar-refractivity contribution in [1.82, 2.24) is 15.5 Å². The van der Waals surface area contributed by atoms with Crippen LogP contribution >= 0.6 is 0 Å². The highest BCUT2D eigenvalue weighted by atomic mass is 16.5. The number of methoxy groups -OCH3 is 1. The third kappa shape index (κ3) is 6.00. The maximum absolute atomic E-state index is 12.4. The van der Waals surface area contributed by atoms with Crippen LogP contribution in [0.2, 0.25) is 0 Å². The van der Waals surface area contributed by atoms with E-state index in [1.807, 2.05) is 55.5 Å². The van der Waals surface area contributed by atoms with Crippen LogP contribution < -0.4 is 15.4 Å². The largest absolute Gasteiger partial charge is 0.497 e. The van der Waals surface area contributed by atoms with Crippen LogP contribution in [0.5, 0.6) is 5.75 Å². The minimum absolute atomic E-state index is 0.0464. The van der Waals surface area contributed by atoms with Crippen molar-refractivity contribution in [2.24, 2.45) is 0 Å². The topological polar surface area (TPSA) is 53.6 Å². The fourth-order valence-electron chi connectivity index (χ4n) is 3.23. The lowest BCUT2D eigenvalue weighted by Gasteiger charge is -2.30. The Labute approximate surface area is 162 Å². The second-order valence-electron chi connectivity index (χ2n) is 6.50. The number of ether oxygens (including phenoxy) is 1. The minimum Gasteiger partial charge on any atom is -0.497 e. The molecular formula is C22H31N3O2. The zero-order valence-electron chi connectivity index (χ0n) is 16.7. The first-order valence-corrected chi connectivity index (χ1v) is 9.56. The smallest absolute Gasteiger partial charge is 0.315 e. The Morgan fingerprint density at radius 3 is 2.33 bits per heavy atom. The number of likely N-dealkylation sites (N-methyl/N-ethyl adjacent to an activating group) is 1. The molecule has 0 aromatic heterocycles. The van der Waals surface area contributed by atoms with Crippen LogP contribution in [-0.4, -0.2) is 37.7 Å². The van der Waals surface area contributed by atoms with Crippen molar-refractivity contribution in [2.75, 3.05) is 26.7 Å². The number of nitrogens with zero attached hydrogens (tertiary/aromatic N) is 1. The molecule has 0 aliphatic carbocycles. The van der Waals surface area contributed by atoms with Gasteiger partial charge >= 0.3 is 6.03 Å². The van der Waals surface area contributed by atoms with E-state index in [-0.39, 0.29) is 18.1 Å².